The molecule has 0 spiro atoms. The maximum absolute atomic E-state index is 12.8. The number of aldehydes is 1. The number of carbonyl (C=O) groups excluding carboxylic acids is 1. The van der Waals surface area contributed by atoms with E-state index in [-0.39, 0.29) is 11.5 Å². The summed E-state index contributed by atoms with van der Waals surface area (Å²) in [5.74, 6) is -0.236. The second-order valence-electron chi connectivity index (χ2n) is 10.4. The highest BCUT2D eigenvalue weighted by Gasteiger charge is 2.45. The van der Waals surface area contributed by atoms with Gasteiger partial charge in [-0.15, -0.1) is 0 Å². The molecule has 0 aliphatic carbocycles. The molecule has 0 bridgehead atoms. The Bertz CT molecular complexity index is 1360. The van der Waals surface area contributed by atoms with Crippen LogP contribution in [0.5, 0.6) is 0 Å². The van der Waals surface area contributed by atoms with E-state index >= 15 is 0 Å². The normalized spacial score (nSPS) is 18.3. The van der Waals surface area contributed by atoms with Crippen LogP contribution in [0.4, 0.5) is 0 Å². The van der Waals surface area contributed by atoms with Crippen LogP contribution < -0.4 is 21.2 Å². The summed E-state index contributed by atoms with van der Waals surface area (Å²) in [5, 5.41) is 6.61. The Hall–Kier alpha value is -3.05. The number of hydrogen-bond acceptors (Lipinski definition) is 2. The molecule has 1 atom stereocenters. The van der Waals surface area contributed by atoms with E-state index in [0.717, 1.165) is 18.2 Å². The Labute approximate surface area is 222 Å². The fourth-order valence-corrected chi connectivity index (χ4v) is 14.6. The lowest BCUT2D eigenvalue weighted by molar-refractivity contribution is -0.108. The largest absolute Gasteiger partial charge is 0.303 e. The van der Waals surface area contributed by atoms with Gasteiger partial charge in [0, 0.05) is 5.03 Å². The molecule has 0 fully saturated rings. The fraction of sp³-hybridized carbons (Fsp3) is 0.182. The quantitative estimate of drug-likeness (QED) is 0.227. The molecule has 4 aromatic carbocycles. The van der Waals surface area contributed by atoms with Crippen LogP contribution >= 0.6 is 14.8 Å². The van der Waals surface area contributed by atoms with E-state index in [9.17, 15) is 4.79 Å². The van der Waals surface area contributed by atoms with Crippen molar-refractivity contribution in [3.05, 3.63) is 121 Å². The van der Waals surface area contributed by atoms with Crippen LogP contribution in [-0.2, 0) is 4.79 Å². The summed E-state index contributed by atoms with van der Waals surface area (Å²) in [6, 6.07) is 43.5. The molecule has 1 aliphatic rings. The van der Waals surface area contributed by atoms with E-state index in [1.165, 1.54) is 26.3 Å². The van der Waals surface area contributed by atoms with Crippen LogP contribution in [0.15, 0.2) is 126 Å². The van der Waals surface area contributed by atoms with Crippen LogP contribution in [0.1, 0.15) is 20.8 Å². The SMILES string of the molecule is CC(C)(C)N=C1C(P(c2ccccc2)c2ccccc2)=P(c2ccccc2)(c2ccccc2)CC1C=O. The molecule has 1 aliphatic heterocycles. The molecule has 0 N–H and O–H groups in total. The zero-order valence-corrected chi connectivity index (χ0v) is 23.4. The van der Waals surface area contributed by atoms with E-state index in [2.05, 4.69) is 142 Å². The summed E-state index contributed by atoms with van der Waals surface area (Å²) in [6.07, 6.45) is 1.94. The van der Waals surface area contributed by atoms with Gasteiger partial charge in [0.2, 0.25) is 0 Å². The first-order valence-corrected chi connectivity index (χ1v) is 16.1. The number of rotatable bonds is 6. The van der Waals surface area contributed by atoms with Gasteiger partial charge in [0.1, 0.15) is 6.29 Å². The van der Waals surface area contributed by atoms with Crippen LogP contribution in [0.3, 0.4) is 0 Å². The van der Waals surface area contributed by atoms with Gasteiger partial charge in [0.25, 0.3) is 0 Å². The van der Waals surface area contributed by atoms with Gasteiger partial charge >= 0.3 is 0 Å². The smallest absolute Gasteiger partial charge is 0.129 e. The molecule has 0 saturated heterocycles. The third-order valence-corrected chi connectivity index (χ3v) is 14.8. The second-order valence-corrected chi connectivity index (χ2v) is 16.4. The Morgan fingerprint density at radius 1 is 0.703 bits per heavy atom. The number of aliphatic imine (C=N–C) groups is 1. The van der Waals surface area contributed by atoms with Crippen molar-refractivity contribution in [2.24, 2.45) is 10.9 Å². The van der Waals surface area contributed by atoms with Crippen molar-refractivity contribution in [2.45, 2.75) is 26.3 Å². The summed E-state index contributed by atoms with van der Waals surface area (Å²) < 4.78 is 0. The lowest BCUT2D eigenvalue weighted by atomic mass is 10.1. The summed E-state index contributed by atoms with van der Waals surface area (Å²) in [7, 11) is -0.935. The minimum Gasteiger partial charge on any atom is -0.303 e. The fourth-order valence-electron chi connectivity index (χ4n) is 5.23. The van der Waals surface area contributed by atoms with Crippen LogP contribution in [-0.4, -0.2) is 28.7 Å². The van der Waals surface area contributed by atoms with Gasteiger partial charge in [-0.25, -0.2) is 0 Å². The molecule has 0 aromatic heterocycles. The first-order valence-electron chi connectivity index (χ1n) is 12.8. The molecule has 4 aromatic rings. The maximum Gasteiger partial charge on any atom is 0.129 e. The zero-order valence-electron chi connectivity index (χ0n) is 21.7. The Morgan fingerprint density at radius 3 is 1.49 bits per heavy atom. The van der Waals surface area contributed by atoms with Gasteiger partial charge in [-0.3, -0.25) is 4.99 Å². The highest BCUT2D eigenvalue weighted by Crippen LogP contribution is 2.61. The van der Waals surface area contributed by atoms with Crippen molar-refractivity contribution < 1.29 is 4.79 Å². The Kier molecular flexibility index (Phi) is 7.43. The molecule has 186 valence electrons. The van der Waals surface area contributed by atoms with Gasteiger partial charge in [-0.2, -0.15) is 0 Å². The van der Waals surface area contributed by atoms with E-state index < -0.39 is 14.8 Å². The van der Waals surface area contributed by atoms with Crippen molar-refractivity contribution in [3.8, 4) is 0 Å². The first-order chi connectivity index (χ1) is 17.9. The summed E-state index contributed by atoms with van der Waals surface area (Å²) in [5.41, 5.74) is 0.700. The highest BCUT2D eigenvalue weighted by molar-refractivity contribution is 8.10. The minimum absolute atomic E-state index is 0.236. The summed E-state index contributed by atoms with van der Waals surface area (Å²) in [6.45, 7) is 4.23. The number of hydrogen-bond donors (Lipinski definition) is 0. The van der Waals surface area contributed by atoms with E-state index in [1.54, 1.807) is 0 Å². The zero-order chi connectivity index (χ0) is 25.9. The molecule has 37 heavy (non-hydrogen) atoms. The molecular formula is C33H33NOP2. The third kappa shape index (κ3) is 5.06. The third-order valence-electron chi connectivity index (χ3n) is 6.67. The lowest BCUT2D eigenvalue weighted by Gasteiger charge is -2.32. The highest BCUT2D eigenvalue weighted by atomic mass is 31.2. The van der Waals surface area contributed by atoms with Gasteiger partial charge in [0.05, 0.1) is 17.2 Å². The van der Waals surface area contributed by atoms with Gasteiger partial charge in [-0.05, 0) is 63.0 Å². The van der Waals surface area contributed by atoms with Crippen molar-refractivity contribution in [2.75, 3.05) is 6.16 Å². The summed E-state index contributed by atoms with van der Waals surface area (Å²) >= 11 is 0. The number of benzene rings is 4. The molecular weight excluding hydrogens is 488 g/mol. The van der Waals surface area contributed by atoms with Crippen molar-refractivity contribution >= 4 is 53.1 Å². The average molecular weight is 522 g/mol. The topological polar surface area (TPSA) is 29.4 Å². The average Bonchev–Trinajstić information content (AvgIpc) is 3.24. The Balaban J connectivity index is 2.01. The van der Waals surface area contributed by atoms with Gasteiger partial charge in [-0.1, -0.05) is 121 Å². The van der Waals surface area contributed by atoms with E-state index in [0.29, 0.717) is 0 Å². The molecule has 1 unspecified atom stereocenters. The molecule has 5 rings (SSSR count). The molecule has 0 radical (unpaired) electrons. The van der Waals surface area contributed by atoms with Crippen molar-refractivity contribution in [1.29, 1.82) is 0 Å². The van der Waals surface area contributed by atoms with Crippen LogP contribution in [0.2, 0.25) is 0 Å². The molecule has 2 nitrogen and oxygen atoms in total. The standard InChI is InChI=1S/C33H33NOP2/c1-33(2,3)34-31-26(24-35)25-37(29-20-12-6-13-21-29,30-22-14-7-15-23-30)32(31)36(27-16-8-4-9-17-27)28-18-10-5-11-19-28/h4-24,26H,25H2,1-3H3. The minimum atomic E-state index is -2.18. The molecule has 1 heterocycles. The Morgan fingerprint density at radius 2 is 1.11 bits per heavy atom. The van der Waals surface area contributed by atoms with Gasteiger partial charge in [0.15, 0.2) is 0 Å². The lowest BCUT2D eigenvalue weighted by Crippen LogP contribution is -2.30. The maximum atomic E-state index is 12.8. The monoisotopic (exact) mass is 521 g/mol. The summed E-state index contributed by atoms with van der Waals surface area (Å²) in [4.78, 5) is 18.2. The number of nitrogens with zero attached hydrogens (tertiary/aromatic N) is 1. The van der Waals surface area contributed by atoms with Gasteiger partial charge < -0.3 is 4.79 Å². The van der Waals surface area contributed by atoms with E-state index in [1.807, 2.05) is 0 Å². The number of carbonyl (C=O) groups is 1. The van der Waals surface area contributed by atoms with E-state index in [4.69, 9.17) is 4.99 Å². The van der Waals surface area contributed by atoms with Crippen molar-refractivity contribution in [1.82, 2.24) is 0 Å². The van der Waals surface area contributed by atoms with Crippen molar-refractivity contribution in [3.63, 3.8) is 0 Å². The first kappa shape index (κ1) is 25.6. The van der Waals surface area contributed by atoms with Crippen LogP contribution in [0.25, 0.3) is 0 Å². The molecule has 4 heteroatoms. The predicted octanol–water partition coefficient (Wildman–Crippen LogP) is 5.99. The molecule has 0 amide bonds. The van der Waals surface area contributed by atoms with Crippen LogP contribution in [0, 0.1) is 5.92 Å². The predicted molar refractivity (Wildman–Crippen MR) is 165 cm³/mol. The second kappa shape index (κ2) is 10.7. The molecule has 0 saturated carbocycles.